The van der Waals surface area contributed by atoms with Gasteiger partial charge in [-0.2, -0.15) is 0 Å². The van der Waals surface area contributed by atoms with Gasteiger partial charge in [0, 0.05) is 29.1 Å². The maximum Gasteiger partial charge on any atom is 0.213 e. The molecule has 0 saturated carbocycles. The summed E-state index contributed by atoms with van der Waals surface area (Å²) in [6, 6.07) is 9.70. The Morgan fingerprint density at radius 3 is 2.50 bits per heavy atom. The van der Waals surface area contributed by atoms with E-state index in [0.717, 1.165) is 51.9 Å². The number of methoxy groups -OCH3 is 2. The van der Waals surface area contributed by atoms with E-state index in [1.165, 1.54) is 0 Å². The Bertz CT molecular complexity index is 1060. The van der Waals surface area contributed by atoms with Crippen molar-refractivity contribution >= 4 is 39.8 Å². The molecule has 3 aromatic rings. The Labute approximate surface area is 187 Å². The number of benzene rings is 2. The molecule has 1 heterocycles. The Kier molecular flexibility index (Phi) is 7.29. The second-order valence-electron chi connectivity index (χ2n) is 7.31. The number of nitrogens with two attached hydrogens (primary N) is 1. The van der Waals surface area contributed by atoms with E-state index in [9.17, 15) is 0 Å². The molecule has 0 aliphatic rings. The molecule has 3 rings (SSSR count). The summed E-state index contributed by atoms with van der Waals surface area (Å²) in [6.07, 6.45) is 1.90. The van der Waals surface area contributed by atoms with E-state index in [1.807, 2.05) is 31.2 Å². The van der Waals surface area contributed by atoms with Crippen LogP contribution >= 0.6 is 23.2 Å². The minimum atomic E-state index is 0.227. The predicted molar refractivity (Wildman–Crippen MR) is 126 cm³/mol. The molecule has 0 bridgehead atoms. The van der Waals surface area contributed by atoms with Crippen LogP contribution in [0.1, 0.15) is 25.3 Å². The molecular weight excluding hydrogens is 421 g/mol. The fraction of sp³-hybridized carbons (Fsp3) is 0.348. The van der Waals surface area contributed by atoms with Crippen LogP contribution in [0.15, 0.2) is 30.3 Å². The van der Waals surface area contributed by atoms with Crippen molar-refractivity contribution in [2.45, 2.75) is 32.7 Å². The lowest BCUT2D eigenvalue weighted by Gasteiger charge is -2.21. The van der Waals surface area contributed by atoms with Crippen molar-refractivity contribution in [1.29, 1.82) is 0 Å². The first-order chi connectivity index (χ1) is 14.4. The molecule has 0 radical (unpaired) electrons. The molecule has 2 aromatic carbocycles. The minimum absolute atomic E-state index is 0.227. The molecule has 3 N–H and O–H groups in total. The molecule has 0 saturated heterocycles. The monoisotopic (exact) mass is 447 g/mol. The SMILES string of the molecule is COc1cc(C)c2c(-c3ccc(Cl)c(Cl)c3)c(OC)cc(NC(C)CCCN)c2n1. The van der Waals surface area contributed by atoms with Gasteiger partial charge in [-0.3, -0.25) is 0 Å². The van der Waals surface area contributed by atoms with Crippen LogP contribution in [-0.4, -0.2) is 31.8 Å². The maximum absolute atomic E-state index is 6.32. The van der Waals surface area contributed by atoms with Crippen LogP contribution in [0.5, 0.6) is 11.6 Å². The van der Waals surface area contributed by atoms with E-state index in [4.69, 9.17) is 43.4 Å². The summed E-state index contributed by atoms with van der Waals surface area (Å²) < 4.78 is 11.2. The average Bonchev–Trinajstić information content (AvgIpc) is 2.74. The second-order valence-corrected chi connectivity index (χ2v) is 8.13. The fourth-order valence-corrected chi connectivity index (χ4v) is 3.92. The molecule has 7 heteroatoms. The van der Waals surface area contributed by atoms with Gasteiger partial charge in [0.05, 0.1) is 35.5 Å². The van der Waals surface area contributed by atoms with Crippen molar-refractivity contribution in [3.05, 3.63) is 45.9 Å². The van der Waals surface area contributed by atoms with E-state index >= 15 is 0 Å². The Balaban J connectivity index is 2.29. The quantitative estimate of drug-likeness (QED) is 0.438. The number of nitrogens with zero attached hydrogens (tertiary/aromatic N) is 1. The van der Waals surface area contributed by atoms with Gasteiger partial charge in [0.2, 0.25) is 5.88 Å². The zero-order valence-electron chi connectivity index (χ0n) is 17.7. The molecule has 0 aliphatic heterocycles. The van der Waals surface area contributed by atoms with Crippen LogP contribution in [0.25, 0.3) is 22.0 Å². The molecular formula is C23H27Cl2N3O2. The van der Waals surface area contributed by atoms with E-state index < -0.39 is 0 Å². The third-order valence-electron chi connectivity index (χ3n) is 5.10. The van der Waals surface area contributed by atoms with Gasteiger partial charge in [-0.25, -0.2) is 4.98 Å². The van der Waals surface area contributed by atoms with Gasteiger partial charge in [-0.15, -0.1) is 0 Å². The topological polar surface area (TPSA) is 69.4 Å². The second kappa shape index (κ2) is 9.73. The van der Waals surface area contributed by atoms with Gasteiger partial charge in [0.15, 0.2) is 0 Å². The summed E-state index contributed by atoms with van der Waals surface area (Å²) in [5.74, 6) is 1.28. The van der Waals surface area contributed by atoms with E-state index in [0.29, 0.717) is 22.5 Å². The largest absolute Gasteiger partial charge is 0.496 e. The molecule has 160 valence electrons. The lowest BCUT2D eigenvalue weighted by Crippen LogP contribution is -2.17. The van der Waals surface area contributed by atoms with Crippen LogP contribution in [0, 0.1) is 6.92 Å². The number of fused-ring (bicyclic) bond motifs is 1. The highest BCUT2D eigenvalue weighted by Crippen LogP contribution is 2.44. The average molecular weight is 448 g/mol. The van der Waals surface area contributed by atoms with Crippen molar-refractivity contribution in [2.24, 2.45) is 5.73 Å². The van der Waals surface area contributed by atoms with E-state index in [2.05, 4.69) is 12.2 Å². The molecule has 0 amide bonds. The predicted octanol–water partition coefficient (Wildman–Crippen LogP) is 6.07. The van der Waals surface area contributed by atoms with Gasteiger partial charge in [0.25, 0.3) is 0 Å². The van der Waals surface area contributed by atoms with Crippen LogP contribution in [0.4, 0.5) is 5.69 Å². The molecule has 1 atom stereocenters. The molecule has 30 heavy (non-hydrogen) atoms. The number of aryl methyl sites for hydroxylation is 1. The highest BCUT2D eigenvalue weighted by atomic mass is 35.5. The highest BCUT2D eigenvalue weighted by Gasteiger charge is 2.20. The third kappa shape index (κ3) is 4.59. The third-order valence-corrected chi connectivity index (χ3v) is 5.84. The number of hydrogen-bond acceptors (Lipinski definition) is 5. The van der Waals surface area contributed by atoms with Crippen molar-refractivity contribution in [1.82, 2.24) is 4.98 Å². The number of ether oxygens (including phenoxy) is 2. The molecule has 1 unspecified atom stereocenters. The number of hydrogen-bond donors (Lipinski definition) is 2. The van der Waals surface area contributed by atoms with Crippen LogP contribution < -0.4 is 20.5 Å². The van der Waals surface area contributed by atoms with Crippen molar-refractivity contribution in [3.8, 4) is 22.8 Å². The zero-order chi connectivity index (χ0) is 21.8. The first-order valence-electron chi connectivity index (χ1n) is 9.88. The Morgan fingerprint density at radius 2 is 1.87 bits per heavy atom. The molecule has 0 aliphatic carbocycles. The van der Waals surface area contributed by atoms with Crippen molar-refractivity contribution in [2.75, 3.05) is 26.1 Å². The molecule has 1 aromatic heterocycles. The minimum Gasteiger partial charge on any atom is -0.496 e. The fourth-order valence-electron chi connectivity index (χ4n) is 3.62. The summed E-state index contributed by atoms with van der Waals surface area (Å²) in [5.41, 5.74) is 10.2. The van der Waals surface area contributed by atoms with Gasteiger partial charge < -0.3 is 20.5 Å². The van der Waals surface area contributed by atoms with Gasteiger partial charge in [-0.1, -0.05) is 29.3 Å². The molecule has 5 nitrogen and oxygen atoms in total. The highest BCUT2D eigenvalue weighted by molar-refractivity contribution is 6.42. The smallest absolute Gasteiger partial charge is 0.213 e. The lowest BCUT2D eigenvalue weighted by molar-refractivity contribution is 0.399. The Hall–Kier alpha value is -2.21. The molecule has 0 fully saturated rings. The lowest BCUT2D eigenvalue weighted by atomic mass is 9.95. The van der Waals surface area contributed by atoms with E-state index in [-0.39, 0.29) is 6.04 Å². The summed E-state index contributed by atoms with van der Waals surface area (Å²) in [7, 11) is 3.28. The van der Waals surface area contributed by atoms with Crippen molar-refractivity contribution in [3.63, 3.8) is 0 Å². The first kappa shape index (κ1) is 22.5. The number of nitrogens with one attached hydrogen (secondary N) is 1. The van der Waals surface area contributed by atoms with Crippen LogP contribution in [-0.2, 0) is 0 Å². The van der Waals surface area contributed by atoms with Crippen molar-refractivity contribution < 1.29 is 9.47 Å². The van der Waals surface area contributed by atoms with Crippen LogP contribution in [0.2, 0.25) is 10.0 Å². The van der Waals surface area contributed by atoms with Gasteiger partial charge >= 0.3 is 0 Å². The number of halogens is 2. The number of rotatable bonds is 8. The maximum atomic E-state index is 6.32. The van der Waals surface area contributed by atoms with Gasteiger partial charge in [-0.05, 0) is 56.5 Å². The van der Waals surface area contributed by atoms with Crippen LogP contribution in [0.3, 0.4) is 0 Å². The van der Waals surface area contributed by atoms with E-state index in [1.54, 1.807) is 20.3 Å². The summed E-state index contributed by atoms with van der Waals surface area (Å²) in [6.45, 7) is 4.83. The summed E-state index contributed by atoms with van der Waals surface area (Å²) in [5, 5.41) is 5.54. The summed E-state index contributed by atoms with van der Waals surface area (Å²) >= 11 is 12.5. The Morgan fingerprint density at radius 1 is 1.10 bits per heavy atom. The normalized spacial score (nSPS) is 12.1. The number of anilines is 1. The zero-order valence-corrected chi connectivity index (χ0v) is 19.2. The standard InChI is InChI=1S/C23H27Cl2N3O2/c1-13-10-20(30-4)28-23-18(27-14(2)6-5-9-26)12-19(29-3)22(21(13)23)15-7-8-16(24)17(25)11-15/h7-8,10-12,14,27H,5-6,9,26H2,1-4H3. The van der Waals surface area contributed by atoms with Gasteiger partial charge in [0.1, 0.15) is 5.75 Å². The molecule has 0 spiro atoms. The first-order valence-corrected chi connectivity index (χ1v) is 10.6. The number of aromatic nitrogens is 1. The number of pyridine rings is 1. The summed E-state index contributed by atoms with van der Waals surface area (Å²) in [4.78, 5) is 4.77.